The molecule has 1 fully saturated rings. The number of carbonyl (C=O) groups excluding carboxylic acids is 2. The molecule has 1 heterocycles. The Labute approximate surface area is 82.5 Å². The summed E-state index contributed by atoms with van der Waals surface area (Å²) >= 11 is 0. The van der Waals surface area contributed by atoms with E-state index in [2.05, 4.69) is 5.32 Å². The van der Waals surface area contributed by atoms with Crippen LogP contribution >= 0.6 is 0 Å². The van der Waals surface area contributed by atoms with Gasteiger partial charge in [-0.15, -0.1) is 0 Å². The molecule has 4 nitrogen and oxygen atoms in total. The lowest BCUT2D eigenvalue weighted by Gasteiger charge is -2.39. The fraction of sp³-hybridized carbons (Fsp3) is 0.600. The van der Waals surface area contributed by atoms with Crippen molar-refractivity contribution in [2.24, 2.45) is 11.1 Å². The van der Waals surface area contributed by atoms with E-state index < -0.39 is 5.41 Å². The van der Waals surface area contributed by atoms with Crippen LogP contribution in [0.15, 0.2) is 11.8 Å². The van der Waals surface area contributed by atoms with Gasteiger partial charge in [0.1, 0.15) is 0 Å². The zero-order valence-electron chi connectivity index (χ0n) is 8.01. The van der Waals surface area contributed by atoms with Crippen LogP contribution in [0.25, 0.3) is 0 Å². The smallest absolute Gasteiger partial charge is 0.229 e. The topological polar surface area (TPSA) is 72.2 Å². The summed E-state index contributed by atoms with van der Waals surface area (Å²) in [5, 5.41) is 3.11. The molecule has 3 N–H and O–H groups in total. The van der Waals surface area contributed by atoms with Crippen LogP contribution in [-0.2, 0) is 9.59 Å². The molecule has 1 amide bonds. The van der Waals surface area contributed by atoms with Gasteiger partial charge in [-0.05, 0) is 19.3 Å². The number of nitrogens with two attached hydrogens (primary N) is 1. The summed E-state index contributed by atoms with van der Waals surface area (Å²) in [6.45, 7) is 0.828. The van der Waals surface area contributed by atoms with Crippen LogP contribution in [0.5, 0.6) is 0 Å². The zero-order chi connectivity index (χ0) is 10.2. The number of allylic oxidation sites excluding steroid dienone is 1. The van der Waals surface area contributed by atoms with Gasteiger partial charge in [0.2, 0.25) is 5.91 Å². The maximum absolute atomic E-state index is 11.4. The second-order valence-electron chi connectivity index (χ2n) is 4.00. The Morgan fingerprint density at radius 1 is 1.50 bits per heavy atom. The molecule has 0 radical (unpaired) electrons. The van der Waals surface area contributed by atoms with Crippen molar-refractivity contribution in [1.82, 2.24) is 5.32 Å². The highest BCUT2D eigenvalue weighted by atomic mass is 16.1. The number of hydrogen-bond acceptors (Lipinski definition) is 3. The summed E-state index contributed by atoms with van der Waals surface area (Å²) in [6, 6.07) is 0. The number of piperidine rings is 1. The lowest BCUT2D eigenvalue weighted by molar-refractivity contribution is -0.128. The van der Waals surface area contributed by atoms with Gasteiger partial charge < -0.3 is 11.1 Å². The molecule has 1 unspecified atom stereocenters. The molecule has 2 rings (SSSR count). The summed E-state index contributed by atoms with van der Waals surface area (Å²) in [4.78, 5) is 22.7. The largest absolute Gasteiger partial charge is 0.387 e. The first-order chi connectivity index (χ1) is 6.65. The van der Waals surface area contributed by atoms with Crippen molar-refractivity contribution in [3.63, 3.8) is 0 Å². The molecule has 1 aliphatic heterocycles. The van der Waals surface area contributed by atoms with Crippen LogP contribution in [0.4, 0.5) is 0 Å². The normalized spacial score (nSPS) is 31.4. The van der Waals surface area contributed by atoms with Gasteiger partial charge in [0, 0.05) is 24.7 Å². The molecule has 1 aliphatic carbocycles. The van der Waals surface area contributed by atoms with Crippen LogP contribution in [-0.4, -0.2) is 18.2 Å². The van der Waals surface area contributed by atoms with Gasteiger partial charge in [-0.3, -0.25) is 9.59 Å². The number of amides is 1. The summed E-state index contributed by atoms with van der Waals surface area (Å²) in [5.41, 5.74) is 5.59. The first kappa shape index (κ1) is 9.24. The Morgan fingerprint density at radius 2 is 2.29 bits per heavy atom. The lowest BCUT2D eigenvalue weighted by Crippen LogP contribution is -2.48. The maximum atomic E-state index is 11.4. The number of hydrogen-bond donors (Lipinski definition) is 2. The Balaban J connectivity index is 2.40. The van der Waals surface area contributed by atoms with Crippen LogP contribution in [0, 0.1) is 5.41 Å². The van der Waals surface area contributed by atoms with Gasteiger partial charge >= 0.3 is 0 Å². The summed E-state index contributed by atoms with van der Waals surface area (Å²) in [6.07, 6.45) is 4.27. The molecule has 76 valence electrons. The SMILES string of the molecule is NC(=O)C12CCCNC1=CC(=O)CC2. The number of rotatable bonds is 1. The molecular formula is C10H14N2O2. The summed E-state index contributed by atoms with van der Waals surface area (Å²) in [5.74, 6) is -0.213. The minimum Gasteiger partial charge on any atom is -0.387 e. The van der Waals surface area contributed by atoms with Gasteiger partial charge in [0.15, 0.2) is 5.78 Å². The van der Waals surface area contributed by atoms with E-state index in [1.54, 1.807) is 6.08 Å². The van der Waals surface area contributed by atoms with E-state index in [1.165, 1.54) is 0 Å². The third-order valence-corrected chi connectivity index (χ3v) is 3.19. The van der Waals surface area contributed by atoms with Crippen molar-refractivity contribution in [2.75, 3.05) is 6.54 Å². The number of nitrogens with one attached hydrogen (secondary N) is 1. The Morgan fingerprint density at radius 3 is 3.00 bits per heavy atom. The predicted molar refractivity (Wildman–Crippen MR) is 51.2 cm³/mol. The molecule has 4 heteroatoms. The monoisotopic (exact) mass is 194 g/mol. The molecule has 0 bridgehead atoms. The third-order valence-electron chi connectivity index (χ3n) is 3.19. The minimum atomic E-state index is -0.577. The van der Waals surface area contributed by atoms with E-state index in [4.69, 9.17) is 5.73 Å². The first-order valence-electron chi connectivity index (χ1n) is 4.94. The van der Waals surface area contributed by atoms with Gasteiger partial charge in [0.05, 0.1) is 5.41 Å². The Hall–Kier alpha value is -1.32. The maximum Gasteiger partial charge on any atom is 0.229 e. The van der Waals surface area contributed by atoms with Crippen molar-refractivity contribution in [2.45, 2.75) is 25.7 Å². The first-order valence-corrected chi connectivity index (χ1v) is 4.94. The zero-order valence-corrected chi connectivity index (χ0v) is 8.01. The highest BCUT2D eigenvalue weighted by molar-refractivity contribution is 5.96. The second-order valence-corrected chi connectivity index (χ2v) is 4.00. The molecule has 1 atom stereocenters. The third kappa shape index (κ3) is 1.22. The molecule has 0 spiro atoms. The van der Waals surface area contributed by atoms with Crippen molar-refractivity contribution < 1.29 is 9.59 Å². The summed E-state index contributed by atoms with van der Waals surface area (Å²) < 4.78 is 0. The molecule has 0 aromatic rings. The highest BCUT2D eigenvalue weighted by Gasteiger charge is 2.44. The van der Waals surface area contributed by atoms with E-state index in [-0.39, 0.29) is 11.7 Å². The fourth-order valence-electron chi connectivity index (χ4n) is 2.31. The highest BCUT2D eigenvalue weighted by Crippen LogP contribution is 2.41. The van der Waals surface area contributed by atoms with Gasteiger partial charge in [-0.1, -0.05) is 0 Å². The predicted octanol–water partition coefficient (Wildman–Crippen LogP) is 0.0883. The minimum absolute atomic E-state index is 0.0891. The Bertz CT molecular complexity index is 322. The quantitative estimate of drug-likeness (QED) is 0.621. The number of fused-ring (bicyclic) bond motifs is 1. The molecule has 0 saturated carbocycles. The van der Waals surface area contributed by atoms with Crippen LogP contribution in [0.1, 0.15) is 25.7 Å². The van der Waals surface area contributed by atoms with Crippen molar-refractivity contribution in [3.8, 4) is 0 Å². The van der Waals surface area contributed by atoms with Crippen LogP contribution < -0.4 is 11.1 Å². The van der Waals surface area contributed by atoms with Gasteiger partial charge in [-0.25, -0.2) is 0 Å². The lowest BCUT2D eigenvalue weighted by atomic mass is 9.70. The Kier molecular flexibility index (Phi) is 2.06. The summed E-state index contributed by atoms with van der Waals surface area (Å²) in [7, 11) is 0. The standard InChI is InChI=1S/C10H14N2O2/c11-9(14)10-3-1-5-12-8(10)6-7(13)2-4-10/h6,12H,1-5H2,(H2,11,14). The number of ketones is 1. The number of carbonyl (C=O) groups is 2. The molecule has 1 saturated heterocycles. The van der Waals surface area contributed by atoms with E-state index in [0.29, 0.717) is 12.8 Å². The fourth-order valence-corrected chi connectivity index (χ4v) is 2.31. The molecular weight excluding hydrogens is 180 g/mol. The second kappa shape index (κ2) is 3.12. The van der Waals surface area contributed by atoms with E-state index in [0.717, 1.165) is 25.1 Å². The van der Waals surface area contributed by atoms with E-state index >= 15 is 0 Å². The van der Waals surface area contributed by atoms with Crippen LogP contribution in [0.3, 0.4) is 0 Å². The van der Waals surface area contributed by atoms with Gasteiger partial charge in [0.25, 0.3) is 0 Å². The van der Waals surface area contributed by atoms with E-state index in [9.17, 15) is 9.59 Å². The molecule has 2 aliphatic rings. The average Bonchev–Trinajstić information content (AvgIpc) is 2.17. The molecule has 0 aromatic carbocycles. The number of primary amides is 1. The van der Waals surface area contributed by atoms with Crippen molar-refractivity contribution in [1.29, 1.82) is 0 Å². The van der Waals surface area contributed by atoms with Gasteiger partial charge in [-0.2, -0.15) is 0 Å². The van der Waals surface area contributed by atoms with E-state index in [1.807, 2.05) is 0 Å². The van der Waals surface area contributed by atoms with Crippen molar-refractivity contribution in [3.05, 3.63) is 11.8 Å². The van der Waals surface area contributed by atoms with Crippen LogP contribution in [0.2, 0.25) is 0 Å². The van der Waals surface area contributed by atoms with Crippen molar-refractivity contribution >= 4 is 11.7 Å². The molecule has 14 heavy (non-hydrogen) atoms. The molecule has 0 aromatic heterocycles. The average molecular weight is 194 g/mol.